The zero-order chi connectivity index (χ0) is 22.5. The summed E-state index contributed by atoms with van der Waals surface area (Å²) in [5.74, 6) is 0.898. The van der Waals surface area contributed by atoms with Crippen LogP contribution < -0.4 is 10.1 Å². The highest BCUT2D eigenvalue weighted by atomic mass is 32.2. The Morgan fingerprint density at radius 3 is 2.72 bits per heavy atom. The lowest BCUT2D eigenvalue weighted by Gasteiger charge is -2.13. The lowest BCUT2D eigenvalue weighted by Crippen LogP contribution is -2.16. The maximum absolute atomic E-state index is 13.4. The lowest BCUT2D eigenvalue weighted by atomic mass is 10.1. The molecule has 1 atom stereocenters. The summed E-state index contributed by atoms with van der Waals surface area (Å²) in [6.45, 7) is 4.23. The minimum absolute atomic E-state index is 0.0574. The van der Waals surface area contributed by atoms with Crippen LogP contribution in [0.15, 0.2) is 30.3 Å². The first-order chi connectivity index (χ1) is 15.4. The number of nitrogens with zero attached hydrogens (tertiary/aromatic N) is 3. The Kier molecular flexibility index (Phi) is 5.16. The number of anilines is 1. The van der Waals surface area contributed by atoms with Gasteiger partial charge in [0.15, 0.2) is 15.5 Å². The fourth-order valence-corrected chi connectivity index (χ4v) is 6.06. The van der Waals surface area contributed by atoms with E-state index in [4.69, 9.17) is 9.72 Å². The van der Waals surface area contributed by atoms with Crippen molar-refractivity contribution in [3.8, 4) is 5.75 Å². The number of amides is 1. The summed E-state index contributed by atoms with van der Waals surface area (Å²) in [5, 5.41) is 8.30. The molecule has 1 saturated carbocycles. The van der Waals surface area contributed by atoms with Crippen LogP contribution in [-0.4, -0.2) is 47.2 Å². The van der Waals surface area contributed by atoms with E-state index in [1.54, 1.807) is 4.68 Å². The van der Waals surface area contributed by atoms with E-state index in [-0.39, 0.29) is 23.5 Å². The van der Waals surface area contributed by atoms with Crippen molar-refractivity contribution in [3.05, 3.63) is 47.3 Å². The molecular formula is C23H26N4O4S. The number of carbonyl (C=O) groups is 1. The third-order valence-electron chi connectivity index (χ3n) is 6.09. The Labute approximate surface area is 186 Å². The molecule has 3 aromatic rings. The van der Waals surface area contributed by atoms with Gasteiger partial charge >= 0.3 is 0 Å². The molecule has 0 bridgehead atoms. The SMILES string of the molecule is CCOc1ccccc1NC(=O)c1cc(C2CC2)nc2c1c(C)nn2[C@@H]1CCS(=O)(=O)C1. The van der Waals surface area contributed by atoms with Crippen molar-refractivity contribution in [2.75, 3.05) is 23.4 Å². The van der Waals surface area contributed by atoms with E-state index >= 15 is 0 Å². The first kappa shape index (κ1) is 20.9. The molecule has 1 amide bonds. The van der Waals surface area contributed by atoms with E-state index in [2.05, 4.69) is 10.4 Å². The largest absolute Gasteiger partial charge is 0.492 e. The number of carbonyl (C=O) groups excluding carboxylic acids is 1. The molecule has 0 radical (unpaired) electrons. The number of aromatic nitrogens is 3. The molecular weight excluding hydrogens is 428 g/mol. The second kappa shape index (κ2) is 7.88. The molecule has 8 nitrogen and oxygen atoms in total. The molecule has 9 heteroatoms. The third-order valence-corrected chi connectivity index (χ3v) is 7.84. The van der Waals surface area contributed by atoms with E-state index in [0.29, 0.717) is 52.7 Å². The van der Waals surface area contributed by atoms with Crippen LogP contribution in [0.1, 0.15) is 59.9 Å². The highest BCUT2D eigenvalue weighted by Crippen LogP contribution is 2.41. The summed E-state index contributed by atoms with van der Waals surface area (Å²) in [6.07, 6.45) is 2.59. The van der Waals surface area contributed by atoms with Crippen LogP contribution in [0.25, 0.3) is 11.0 Å². The standard InChI is InChI=1S/C23H26N4O4S/c1-3-31-20-7-5-4-6-18(20)25-23(28)17-12-19(15-8-9-15)24-22-21(17)14(2)26-27(22)16-10-11-32(29,30)13-16/h4-7,12,15-16H,3,8-11,13H2,1-2H3,(H,25,28)/t16-/m1/s1. The Morgan fingerprint density at radius 1 is 1.25 bits per heavy atom. The van der Waals surface area contributed by atoms with Gasteiger partial charge in [-0.2, -0.15) is 5.10 Å². The van der Waals surface area contributed by atoms with Gasteiger partial charge in [-0.25, -0.2) is 18.1 Å². The number of fused-ring (bicyclic) bond motifs is 1. The highest BCUT2D eigenvalue weighted by molar-refractivity contribution is 7.91. The molecule has 0 spiro atoms. The molecule has 1 aliphatic heterocycles. The first-order valence-corrected chi connectivity index (χ1v) is 12.8. The van der Waals surface area contributed by atoms with Gasteiger partial charge in [-0.15, -0.1) is 0 Å². The number of sulfone groups is 1. The van der Waals surface area contributed by atoms with Crippen LogP contribution in [0.5, 0.6) is 5.75 Å². The van der Waals surface area contributed by atoms with Gasteiger partial charge in [0.2, 0.25) is 0 Å². The summed E-state index contributed by atoms with van der Waals surface area (Å²) in [7, 11) is -3.08. The smallest absolute Gasteiger partial charge is 0.256 e. The minimum atomic E-state index is -3.08. The topological polar surface area (TPSA) is 103 Å². The molecule has 32 heavy (non-hydrogen) atoms. The number of rotatable bonds is 6. The molecule has 0 unspecified atom stereocenters. The lowest BCUT2D eigenvalue weighted by molar-refractivity contribution is 0.102. The Morgan fingerprint density at radius 2 is 2.03 bits per heavy atom. The number of para-hydroxylation sites is 2. The Balaban J connectivity index is 1.59. The average Bonchev–Trinajstić information content (AvgIpc) is 3.48. The van der Waals surface area contributed by atoms with Crippen LogP contribution in [0, 0.1) is 6.92 Å². The fourth-order valence-electron chi connectivity index (χ4n) is 4.36. The number of hydrogen-bond donors (Lipinski definition) is 1. The van der Waals surface area contributed by atoms with Crippen LogP contribution in [0.3, 0.4) is 0 Å². The molecule has 2 aromatic heterocycles. The van der Waals surface area contributed by atoms with Gasteiger partial charge in [0, 0.05) is 11.6 Å². The molecule has 1 N–H and O–H groups in total. The maximum atomic E-state index is 13.4. The maximum Gasteiger partial charge on any atom is 0.256 e. The number of nitrogens with one attached hydrogen (secondary N) is 1. The van der Waals surface area contributed by atoms with Crippen molar-refractivity contribution in [2.24, 2.45) is 0 Å². The van der Waals surface area contributed by atoms with Gasteiger partial charge in [-0.1, -0.05) is 12.1 Å². The number of hydrogen-bond acceptors (Lipinski definition) is 6. The van der Waals surface area contributed by atoms with E-state index < -0.39 is 9.84 Å². The van der Waals surface area contributed by atoms with Crippen LogP contribution in [0.4, 0.5) is 5.69 Å². The predicted octanol–water partition coefficient (Wildman–Crippen LogP) is 3.63. The second-order valence-electron chi connectivity index (χ2n) is 8.54. The number of benzene rings is 1. The quantitative estimate of drug-likeness (QED) is 0.610. The molecule has 2 aliphatic rings. The Bertz CT molecular complexity index is 1310. The molecule has 2 fully saturated rings. The van der Waals surface area contributed by atoms with Crippen molar-refractivity contribution in [1.29, 1.82) is 0 Å². The predicted molar refractivity (Wildman–Crippen MR) is 122 cm³/mol. The second-order valence-corrected chi connectivity index (χ2v) is 10.8. The summed E-state index contributed by atoms with van der Waals surface area (Å²) < 4.78 is 31.5. The number of ether oxygens (including phenoxy) is 1. The van der Waals surface area contributed by atoms with Crippen molar-refractivity contribution >= 4 is 32.5 Å². The molecule has 168 valence electrons. The van der Waals surface area contributed by atoms with Crippen LogP contribution in [-0.2, 0) is 9.84 Å². The van der Waals surface area contributed by atoms with E-state index in [9.17, 15) is 13.2 Å². The molecule has 3 heterocycles. The third kappa shape index (κ3) is 3.85. The van der Waals surface area contributed by atoms with Crippen molar-refractivity contribution in [2.45, 2.75) is 45.1 Å². The average molecular weight is 455 g/mol. The van der Waals surface area contributed by atoms with Crippen molar-refractivity contribution < 1.29 is 17.9 Å². The summed E-state index contributed by atoms with van der Waals surface area (Å²) in [4.78, 5) is 18.3. The van der Waals surface area contributed by atoms with Crippen LogP contribution >= 0.6 is 0 Å². The van der Waals surface area contributed by atoms with Crippen molar-refractivity contribution in [3.63, 3.8) is 0 Å². The summed E-state index contributed by atoms with van der Waals surface area (Å²) >= 11 is 0. The van der Waals surface area contributed by atoms with Crippen LogP contribution in [0.2, 0.25) is 0 Å². The minimum Gasteiger partial charge on any atom is -0.492 e. The van der Waals surface area contributed by atoms with Gasteiger partial charge in [0.25, 0.3) is 5.91 Å². The first-order valence-electron chi connectivity index (χ1n) is 11.0. The molecule has 1 aliphatic carbocycles. The normalized spacial score (nSPS) is 19.9. The van der Waals surface area contributed by atoms with Gasteiger partial charge in [-0.05, 0) is 51.3 Å². The molecule has 5 rings (SSSR count). The van der Waals surface area contributed by atoms with E-state index in [1.807, 2.05) is 44.2 Å². The van der Waals surface area contributed by atoms with Gasteiger partial charge in [-0.3, -0.25) is 4.79 Å². The molecule has 1 saturated heterocycles. The monoisotopic (exact) mass is 454 g/mol. The fraction of sp³-hybridized carbons (Fsp3) is 0.435. The van der Waals surface area contributed by atoms with Gasteiger partial charge in [0.05, 0.1) is 46.5 Å². The highest BCUT2D eigenvalue weighted by Gasteiger charge is 2.34. The number of pyridine rings is 1. The van der Waals surface area contributed by atoms with Crippen molar-refractivity contribution in [1.82, 2.24) is 14.8 Å². The molecule has 1 aromatic carbocycles. The number of aryl methyl sites for hydroxylation is 1. The summed E-state index contributed by atoms with van der Waals surface area (Å²) in [5.41, 5.74) is 3.24. The zero-order valence-corrected chi connectivity index (χ0v) is 19.0. The van der Waals surface area contributed by atoms with Gasteiger partial charge in [0.1, 0.15) is 5.75 Å². The van der Waals surface area contributed by atoms with E-state index in [1.165, 1.54) is 0 Å². The Hall–Kier alpha value is -2.94. The summed E-state index contributed by atoms with van der Waals surface area (Å²) in [6, 6.07) is 8.94. The van der Waals surface area contributed by atoms with E-state index in [0.717, 1.165) is 18.5 Å². The zero-order valence-electron chi connectivity index (χ0n) is 18.2. The van der Waals surface area contributed by atoms with Gasteiger partial charge < -0.3 is 10.1 Å².